The molecule has 284 valence electrons. The van der Waals surface area contributed by atoms with Gasteiger partial charge in [-0.05, 0) is 113 Å². The van der Waals surface area contributed by atoms with Gasteiger partial charge in [0.05, 0.1) is 32.0 Å². The average molecular weight is 753 g/mol. The summed E-state index contributed by atoms with van der Waals surface area (Å²) in [6.45, 7) is 16.3. The van der Waals surface area contributed by atoms with E-state index in [1.165, 1.54) is 24.8 Å². The van der Waals surface area contributed by atoms with Crippen molar-refractivity contribution in [2.75, 3.05) is 29.4 Å². The number of pyridine rings is 2. The van der Waals surface area contributed by atoms with Crippen molar-refractivity contribution in [3.8, 4) is 21.3 Å². The van der Waals surface area contributed by atoms with Crippen LogP contribution < -0.4 is 9.80 Å². The first-order valence-corrected chi connectivity index (χ1v) is 19.7. The maximum Gasteiger partial charge on any atom is 0.258 e. The molecule has 2 aromatic carbocycles. The Morgan fingerprint density at radius 2 is 1.67 bits per heavy atom. The molecule has 0 atom stereocenters. The second kappa shape index (κ2) is 16.5. The average Bonchev–Trinajstić information content (AvgIpc) is 3.75. The molecule has 0 radical (unpaired) electrons. The molecule has 1 fully saturated rings. The first-order chi connectivity index (χ1) is 26.1. The van der Waals surface area contributed by atoms with Crippen molar-refractivity contribution in [3.05, 3.63) is 125 Å². The number of hydrogen-bond donors (Lipinski definition) is 1. The van der Waals surface area contributed by atoms with Crippen LogP contribution in [0.1, 0.15) is 89.9 Å². The zero-order valence-electron chi connectivity index (χ0n) is 31.9. The second-order valence-electron chi connectivity index (χ2n) is 14.9. The summed E-state index contributed by atoms with van der Waals surface area (Å²) in [6, 6.07) is 22.1. The molecule has 1 amide bonds. The normalized spacial score (nSPS) is 14.1. The fraction of sp³-hybridized carbons (Fsp3) is 0.326. The summed E-state index contributed by atoms with van der Waals surface area (Å²) in [6.07, 6.45) is 11.2. The predicted molar refractivity (Wildman–Crippen MR) is 229 cm³/mol. The molecule has 0 aliphatic carbocycles. The van der Waals surface area contributed by atoms with Gasteiger partial charge in [-0.2, -0.15) is 0 Å². The molecule has 6 aromatic rings. The lowest BCUT2D eigenvalue weighted by Crippen LogP contribution is -2.57. The van der Waals surface area contributed by atoms with Crippen LogP contribution in [0.5, 0.6) is 0 Å². The third-order valence-electron chi connectivity index (χ3n) is 10.5. The molecule has 0 unspecified atom stereocenters. The smallest absolute Gasteiger partial charge is 0.258 e. The Balaban J connectivity index is 0.000000204. The van der Waals surface area contributed by atoms with Crippen LogP contribution in [0, 0.1) is 26.2 Å². The van der Waals surface area contributed by atoms with Crippen LogP contribution in [0.3, 0.4) is 0 Å². The third kappa shape index (κ3) is 8.17. The van der Waals surface area contributed by atoms with Gasteiger partial charge in [0.15, 0.2) is 5.78 Å². The number of para-hydroxylation sites is 2. The highest BCUT2D eigenvalue weighted by Crippen LogP contribution is 2.44. The Hall–Kier alpha value is -5.41. The number of carbonyl (C=O) groups is 2. The maximum absolute atomic E-state index is 13.5. The SMILES string of the molecule is C.C=CCCC1(CCC)CN(c2ncc(C)cc2C(C)=O)C1.Cc1ccc(C(=O)N2CCc3cc(-c4nc5ccccc5[nH]4)sc3-c3ncc(C)cc32)cc1. The maximum atomic E-state index is 13.5. The van der Waals surface area contributed by atoms with E-state index in [0.717, 1.165) is 92.0 Å². The molecule has 0 saturated carbocycles. The lowest BCUT2D eigenvalue weighted by atomic mass is 9.72. The zero-order chi connectivity index (χ0) is 38.0. The van der Waals surface area contributed by atoms with E-state index in [1.54, 1.807) is 18.3 Å². The van der Waals surface area contributed by atoms with Crippen molar-refractivity contribution in [2.45, 2.75) is 74.1 Å². The summed E-state index contributed by atoms with van der Waals surface area (Å²) in [4.78, 5) is 49.2. The fourth-order valence-corrected chi connectivity index (χ4v) is 8.88. The van der Waals surface area contributed by atoms with Crippen molar-refractivity contribution < 1.29 is 9.59 Å². The molecule has 1 saturated heterocycles. The summed E-state index contributed by atoms with van der Waals surface area (Å²) < 4.78 is 0. The number of Topliss-reactive ketones (excluding diaryl/α,β-unsaturated/α-hetero) is 1. The number of amides is 1. The number of aryl methyl sites for hydroxylation is 3. The van der Waals surface area contributed by atoms with Crippen LogP contribution in [-0.4, -0.2) is 51.3 Å². The second-order valence-corrected chi connectivity index (χ2v) is 15.9. The molecule has 6 heterocycles. The van der Waals surface area contributed by atoms with E-state index in [-0.39, 0.29) is 19.1 Å². The molecule has 9 heteroatoms. The van der Waals surface area contributed by atoms with Crippen LogP contribution in [0.4, 0.5) is 11.5 Å². The number of hydrogen-bond acceptors (Lipinski definition) is 7. The van der Waals surface area contributed by atoms with Crippen LogP contribution in [0.2, 0.25) is 0 Å². The van der Waals surface area contributed by atoms with Gasteiger partial charge < -0.3 is 14.8 Å². The number of thiophene rings is 1. The molecular weight excluding hydrogens is 701 g/mol. The predicted octanol–water partition coefficient (Wildman–Crippen LogP) is 11.0. The quantitative estimate of drug-likeness (QED) is 0.117. The van der Waals surface area contributed by atoms with Crippen molar-refractivity contribution in [2.24, 2.45) is 5.41 Å². The fourth-order valence-electron chi connectivity index (χ4n) is 7.72. The molecule has 8 rings (SSSR count). The highest BCUT2D eigenvalue weighted by atomic mass is 32.1. The highest BCUT2D eigenvalue weighted by Gasteiger charge is 2.42. The summed E-state index contributed by atoms with van der Waals surface area (Å²) in [5.74, 6) is 1.84. The molecule has 1 N–H and O–H groups in total. The molecule has 2 aliphatic rings. The van der Waals surface area contributed by atoms with Gasteiger partial charge in [-0.1, -0.05) is 56.7 Å². The van der Waals surface area contributed by atoms with Crippen molar-refractivity contribution in [3.63, 3.8) is 0 Å². The van der Waals surface area contributed by atoms with Crippen LogP contribution >= 0.6 is 11.3 Å². The number of aromatic nitrogens is 4. The molecular formula is C46H52N6O2S. The number of H-pyrrole nitrogens is 1. The van der Waals surface area contributed by atoms with E-state index in [4.69, 9.17) is 9.97 Å². The van der Waals surface area contributed by atoms with E-state index in [0.29, 0.717) is 17.5 Å². The van der Waals surface area contributed by atoms with Gasteiger partial charge >= 0.3 is 0 Å². The number of allylic oxidation sites excluding steroid dienone is 1. The lowest BCUT2D eigenvalue weighted by Gasteiger charge is -2.51. The number of carbonyl (C=O) groups excluding carboxylic acids is 2. The zero-order valence-corrected chi connectivity index (χ0v) is 32.7. The van der Waals surface area contributed by atoms with Crippen molar-refractivity contribution >= 4 is 45.6 Å². The minimum absolute atomic E-state index is 0. The van der Waals surface area contributed by atoms with Crippen LogP contribution in [0.25, 0.3) is 32.3 Å². The van der Waals surface area contributed by atoms with Gasteiger partial charge in [-0.25, -0.2) is 9.97 Å². The molecule has 4 aromatic heterocycles. The van der Waals surface area contributed by atoms with E-state index < -0.39 is 0 Å². The summed E-state index contributed by atoms with van der Waals surface area (Å²) in [7, 11) is 0. The van der Waals surface area contributed by atoms with Gasteiger partial charge in [0.1, 0.15) is 17.3 Å². The monoisotopic (exact) mass is 752 g/mol. The van der Waals surface area contributed by atoms with Gasteiger partial charge in [0.2, 0.25) is 0 Å². The number of imidazole rings is 1. The minimum atomic E-state index is 0. The number of benzene rings is 2. The molecule has 8 nitrogen and oxygen atoms in total. The van der Waals surface area contributed by atoms with Crippen LogP contribution in [-0.2, 0) is 6.42 Å². The Kier molecular flexibility index (Phi) is 11.8. The number of fused-ring (bicyclic) bond motifs is 4. The molecule has 55 heavy (non-hydrogen) atoms. The molecule has 2 aliphatic heterocycles. The van der Waals surface area contributed by atoms with Crippen molar-refractivity contribution in [1.29, 1.82) is 0 Å². The summed E-state index contributed by atoms with van der Waals surface area (Å²) >= 11 is 1.68. The first kappa shape index (κ1) is 39.3. The van der Waals surface area contributed by atoms with E-state index in [2.05, 4.69) is 40.5 Å². The molecule has 0 spiro atoms. The number of rotatable bonds is 9. The van der Waals surface area contributed by atoms with Gasteiger partial charge in [-0.15, -0.1) is 17.9 Å². The number of nitrogens with one attached hydrogen (secondary N) is 1. The Labute approximate surface area is 329 Å². The lowest BCUT2D eigenvalue weighted by molar-refractivity contribution is 0.0985. The Bertz CT molecular complexity index is 2300. The number of aromatic amines is 1. The van der Waals surface area contributed by atoms with Crippen molar-refractivity contribution in [1.82, 2.24) is 19.9 Å². The Morgan fingerprint density at radius 1 is 0.945 bits per heavy atom. The first-order valence-electron chi connectivity index (χ1n) is 18.8. The highest BCUT2D eigenvalue weighted by molar-refractivity contribution is 7.19. The summed E-state index contributed by atoms with van der Waals surface area (Å²) in [5.41, 5.74) is 9.96. The number of nitrogens with zero attached hydrogens (tertiary/aromatic N) is 5. The number of ketones is 1. The molecule has 0 bridgehead atoms. The van der Waals surface area contributed by atoms with Gasteiger partial charge in [-0.3, -0.25) is 14.6 Å². The Morgan fingerprint density at radius 3 is 2.38 bits per heavy atom. The standard InChI is InChI=1S/C27H22N4OS.C18H26N2O.CH4/c1-16-7-9-18(10-8-16)27(32)31-12-11-19-14-23(26-29-20-5-3-4-6-21(20)30-26)33-25(19)24-22(31)13-17(2)15-28-24;1-5-7-9-18(8-6-2)12-20(13-18)17-16(15(4)21)10-14(3)11-19-17;/h3-10,13-15H,11-12H2,1-2H3,(H,29,30);5,10-11H,1,6-9,12-13H2,2-4H3;1H4. The summed E-state index contributed by atoms with van der Waals surface area (Å²) in [5, 5.41) is 0. The van der Waals surface area contributed by atoms with Gasteiger partial charge in [0, 0.05) is 43.0 Å². The topological polar surface area (TPSA) is 95.1 Å². The minimum Gasteiger partial charge on any atom is -0.355 e. The van der Waals surface area contributed by atoms with Gasteiger partial charge in [0.25, 0.3) is 5.91 Å². The van der Waals surface area contributed by atoms with Crippen LogP contribution in [0.15, 0.2) is 91.8 Å². The van der Waals surface area contributed by atoms with E-state index in [9.17, 15) is 9.59 Å². The van der Waals surface area contributed by atoms with E-state index >= 15 is 0 Å². The number of anilines is 2. The van der Waals surface area contributed by atoms with E-state index in [1.807, 2.05) is 98.7 Å². The third-order valence-corrected chi connectivity index (χ3v) is 11.7. The largest absolute Gasteiger partial charge is 0.355 e.